The highest BCUT2D eigenvalue weighted by Crippen LogP contribution is 2.19. The van der Waals surface area contributed by atoms with Gasteiger partial charge in [0.1, 0.15) is 0 Å². The van der Waals surface area contributed by atoms with Crippen molar-refractivity contribution in [1.82, 2.24) is 0 Å². The number of hydrogen-bond acceptors (Lipinski definition) is 2. The zero-order valence-electron chi connectivity index (χ0n) is 12.4. The first kappa shape index (κ1) is 16.2. The van der Waals surface area contributed by atoms with Crippen LogP contribution >= 0.6 is 0 Å². The Hall–Kier alpha value is -1.84. The Labute approximate surface area is 120 Å². The van der Waals surface area contributed by atoms with E-state index in [9.17, 15) is 9.59 Å². The van der Waals surface area contributed by atoms with E-state index in [4.69, 9.17) is 5.11 Å². The highest BCUT2D eigenvalue weighted by atomic mass is 16.4. The van der Waals surface area contributed by atoms with E-state index in [-0.39, 0.29) is 12.5 Å². The summed E-state index contributed by atoms with van der Waals surface area (Å²) in [7, 11) is 0. The number of carbonyl (C=O) groups excluding carboxylic acids is 1. The molecule has 0 aliphatic rings. The second-order valence-electron chi connectivity index (χ2n) is 5.01. The SMILES string of the molecule is CCCC(=O)N(CC(C)C(=O)O)c1ccc(CC)cc1. The molecule has 1 amide bonds. The van der Waals surface area contributed by atoms with Gasteiger partial charge < -0.3 is 10.0 Å². The molecule has 1 N–H and O–H groups in total. The van der Waals surface area contributed by atoms with Crippen LogP contribution in [0.4, 0.5) is 5.69 Å². The number of carboxylic acid groups (broad SMARTS) is 1. The van der Waals surface area contributed by atoms with Crippen LogP contribution in [0.1, 0.15) is 39.2 Å². The maximum Gasteiger partial charge on any atom is 0.308 e. The maximum atomic E-state index is 12.2. The normalized spacial score (nSPS) is 11.9. The molecular weight excluding hydrogens is 254 g/mol. The summed E-state index contributed by atoms with van der Waals surface area (Å²) in [5, 5.41) is 9.03. The summed E-state index contributed by atoms with van der Waals surface area (Å²) in [6.07, 6.45) is 2.13. The first-order chi connectivity index (χ1) is 9.49. The molecule has 0 radical (unpaired) electrons. The molecule has 0 aliphatic heterocycles. The fourth-order valence-electron chi connectivity index (χ4n) is 1.96. The lowest BCUT2D eigenvalue weighted by Gasteiger charge is -2.25. The minimum absolute atomic E-state index is 0.0233. The van der Waals surface area contributed by atoms with Crippen molar-refractivity contribution in [3.63, 3.8) is 0 Å². The van der Waals surface area contributed by atoms with Gasteiger partial charge >= 0.3 is 5.97 Å². The number of hydrogen-bond donors (Lipinski definition) is 1. The summed E-state index contributed by atoms with van der Waals surface area (Å²) in [6.45, 7) is 5.84. The number of rotatable bonds is 7. The summed E-state index contributed by atoms with van der Waals surface area (Å²) in [5.41, 5.74) is 1.97. The van der Waals surface area contributed by atoms with E-state index in [2.05, 4.69) is 6.92 Å². The largest absolute Gasteiger partial charge is 0.481 e. The fourth-order valence-corrected chi connectivity index (χ4v) is 1.96. The topological polar surface area (TPSA) is 57.6 Å². The van der Waals surface area contributed by atoms with Crippen LogP contribution in [0.3, 0.4) is 0 Å². The second-order valence-corrected chi connectivity index (χ2v) is 5.01. The van der Waals surface area contributed by atoms with Crippen molar-refractivity contribution in [2.45, 2.75) is 40.0 Å². The summed E-state index contributed by atoms with van der Waals surface area (Å²) in [4.78, 5) is 24.8. The lowest BCUT2D eigenvalue weighted by atomic mass is 10.1. The highest BCUT2D eigenvalue weighted by molar-refractivity contribution is 5.94. The smallest absolute Gasteiger partial charge is 0.308 e. The molecule has 1 unspecified atom stereocenters. The zero-order valence-corrected chi connectivity index (χ0v) is 12.4. The Morgan fingerprint density at radius 2 is 1.80 bits per heavy atom. The molecule has 0 saturated heterocycles. The average molecular weight is 277 g/mol. The minimum atomic E-state index is -0.885. The van der Waals surface area contributed by atoms with Crippen LogP contribution in [0.15, 0.2) is 24.3 Å². The van der Waals surface area contributed by atoms with Gasteiger partial charge in [0.25, 0.3) is 0 Å². The molecule has 4 nitrogen and oxygen atoms in total. The second kappa shape index (κ2) is 7.68. The Bertz CT molecular complexity index is 453. The number of aryl methyl sites for hydroxylation is 1. The molecular formula is C16H23NO3. The van der Waals surface area contributed by atoms with E-state index in [1.54, 1.807) is 11.8 Å². The summed E-state index contributed by atoms with van der Waals surface area (Å²) >= 11 is 0. The minimum Gasteiger partial charge on any atom is -0.481 e. The molecule has 0 saturated carbocycles. The molecule has 0 aromatic heterocycles. The van der Waals surface area contributed by atoms with Crippen LogP contribution in [-0.2, 0) is 16.0 Å². The lowest BCUT2D eigenvalue weighted by molar-refractivity contribution is -0.140. The van der Waals surface area contributed by atoms with Crippen molar-refractivity contribution in [3.05, 3.63) is 29.8 Å². The molecule has 1 aromatic rings. The predicted octanol–water partition coefficient (Wildman–Crippen LogP) is 3.10. The monoisotopic (exact) mass is 277 g/mol. The zero-order chi connectivity index (χ0) is 15.1. The number of benzene rings is 1. The Kier molecular flexibility index (Phi) is 6.22. The molecule has 4 heteroatoms. The Balaban J connectivity index is 2.95. The van der Waals surface area contributed by atoms with Gasteiger partial charge in [0.15, 0.2) is 0 Å². The number of nitrogens with zero attached hydrogens (tertiary/aromatic N) is 1. The lowest BCUT2D eigenvalue weighted by Crippen LogP contribution is -2.36. The molecule has 0 fully saturated rings. The third-order valence-corrected chi connectivity index (χ3v) is 3.30. The molecule has 0 spiro atoms. The van der Waals surface area contributed by atoms with Crippen molar-refractivity contribution in [2.24, 2.45) is 5.92 Å². The standard InChI is InChI=1S/C16H23NO3/c1-4-6-15(18)17(11-12(3)16(19)20)14-9-7-13(5-2)8-10-14/h7-10,12H,4-6,11H2,1-3H3,(H,19,20). The first-order valence-electron chi connectivity index (χ1n) is 7.11. The van der Waals surface area contributed by atoms with Crippen molar-refractivity contribution in [3.8, 4) is 0 Å². The highest BCUT2D eigenvalue weighted by Gasteiger charge is 2.21. The fraction of sp³-hybridized carbons (Fsp3) is 0.500. The molecule has 1 aromatic carbocycles. The van der Waals surface area contributed by atoms with Gasteiger partial charge in [-0.1, -0.05) is 32.9 Å². The maximum absolute atomic E-state index is 12.2. The van der Waals surface area contributed by atoms with Crippen LogP contribution in [0.25, 0.3) is 0 Å². The molecule has 20 heavy (non-hydrogen) atoms. The molecule has 1 atom stereocenters. The first-order valence-corrected chi connectivity index (χ1v) is 7.11. The van der Waals surface area contributed by atoms with Crippen LogP contribution in [0.5, 0.6) is 0 Å². The number of anilines is 1. The molecule has 0 heterocycles. The van der Waals surface area contributed by atoms with Crippen LogP contribution in [-0.4, -0.2) is 23.5 Å². The number of aliphatic carboxylic acids is 1. The van der Waals surface area contributed by atoms with Gasteiger partial charge in [-0.25, -0.2) is 0 Å². The summed E-state index contributed by atoms with van der Waals surface area (Å²) < 4.78 is 0. The van der Waals surface area contributed by atoms with E-state index in [0.717, 1.165) is 18.5 Å². The third-order valence-electron chi connectivity index (χ3n) is 3.30. The number of carbonyl (C=O) groups is 2. The van der Waals surface area contributed by atoms with Crippen molar-refractivity contribution in [1.29, 1.82) is 0 Å². The summed E-state index contributed by atoms with van der Waals surface area (Å²) in [6, 6.07) is 7.74. The van der Waals surface area contributed by atoms with E-state index in [1.807, 2.05) is 31.2 Å². The molecule has 1 rings (SSSR count). The van der Waals surface area contributed by atoms with Gasteiger partial charge in [0, 0.05) is 18.7 Å². The Morgan fingerprint density at radius 3 is 2.25 bits per heavy atom. The van der Waals surface area contributed by atoms with Gasteiger partial charge in [0.2, 0.25) is 5.91 Å². The van der Waals surface area contributed by atoms with Crippen molar-refractivity contribution >= 4 is 17.6 Å². The van der Waals surface area contributed by atoms with Crippen LogP contribution < -0.4 is 4.90 Å². The predicted molar refractivity (Wildman–Crippen MR) is 79.9 cm³/mol. The third kappa shape index (κ3) is 4.37. The van der Waals surface area contributed by atoms with Crippen molar-refractivity contribution in [2.75, 3.05) is 11.4 Å². The van der Waals surface area contributed by atoms with Gasteiger partial charge in [0.05, 0.1) is 5.92 Å². The molecule has 0 bridgehead atoms. The number of amides is 1. The van der Waals surface area contributed by atoms with E-state index < -0.39 is 11.9 Å². The number of carboxylic acids is 1. The Morgan fingerprint density at radius 1 is 1.20 bits per heavy atom. The van der Waals surface area contributed by atoms with E-state index >= 15 is 0 Å². The van der Waals surface area contributed by atoms with Gasteiger partial charge in [-0.3, -0.25) is 9.59 Å². The van der Waals surface area contributed by atoms with E-state index in [1.165, 1.54) is 5.56 Å². The van der Waals surface area contributed by atoms with Crippen LogP contribution in [0, 0.1) is 5.92 Å². The molecule has 110 valence electrons. The average Bonchev–Trinajstić information content (AvgIpc) is 2.44. The molecule has 0 aliphatic carbocycles. The van der Waals surface area contributed by atoms with Gasteiger partial charge in [-0.05, 0) is 30.5 Å². The quantitative estimate of drug-likeness (QED) is 0.833. The summed E-state index contributed by atoms with van der Waals surface area (Å²) in [5.74, 6) is -1.49. The van der Waals surface area contributed by atoms with Crippen molar-refractivity contribution < 1.29 is 14.7 Å². The van der Waals surface area contributed by atoms with Gasteiger partial charge in [-0.2, -0.15) is 0 Å². The van der Waals surface area contributed by atoms with E-state index in [0.29, 0.717) is 6.42 Å². The van der Waals surface area contributed by atoms with Crippen LogP contribution in [0.2, 0.25) is 0 Å². The van der Waals surface area contributed by atoms with Gasteiger partial charge in [-0.15, -0.1) is 0 Å².